The summed E-state index contributed by atoms with van der Waals surface area (Å²) in [5.41, 5.74) is 2.74. The van der Waals surface area contributed by atoms with E-state index in [1.807, 2.05) is 42.5 Å². The van der Waals surface area contributed by atoms with Crippen LogP contribution < -0.4 is 10.7 Å². The third kappa shape index (κ3) is 4.63. The Bertz CT molecular complexity index is 1080. The third-order valence-electron chi connectivity index (χ3n) is 3.88. The molecule has 8 nitrogen and oxygen atoms in total. The van der Waals surface area contributed by atoms with Gasteiger partial charge in [0.1, 0.15) is 0 Å². The van der Waals surface area contributed by atoms with E-state index in [-0.39, 0.29) is 12.1 Å². The van der Waals surface area contributed by atoms with Crippen molar-refractivity contribution in [1.29, 1.82) is 0 Å². The third-order valence-corrected chi connectivity index (χ3v) is 4.33. The van der Waals surface area contributed by atoms with E-state index in [2.05, 4.69) is 31.8 Å². The van der Waals surface area contributed by atoms with Crippen molar-refractivity contribution in [2.45, 2.75) is 0 Å². The lowest BCUT2D eigenvalue weighted by atomic mass is 10.1. The van der Waals surface area contributed by atoms with Crippen molar-refractivity contribution in [2.75, 3.05) is 11.9 Å². The number of phenols is 1. The van der Waals surface area contributed by atoms with E-state index in [1.54, 1.807) is 0 Å². The summed E-state index contributed by atoms with van der Waals surface area (Å²) in [6, 6.07) is 16.3. The molecule has 3 N–H and O–H groups in total. The van der Waals surface area contributed by atoms with Gasteiger partial charge in [-0.25, -0.2) is 5.43 Å². The zero-order valence-electron chi connectivity index (χ0n) is 14.4. The molecular weight excluding hydrogens is 428 g/mol. The Balaban J connectivity index is 1.60. The maximum absolute atomic E-state index is 11.9. The number of nitro benzene ring substituents is 1. The SMILES string of the molecule is O=C(CNc1ccc2ccccc2c1)N/N=C\c1cc(Br)cc([N+](=O)[O-])c1O. The number of nitrogens with zero attached hydrogens (tertiary/aromatic N) is 2. The molecule has 0 spiro atoms. The molecule has 142 valence electrons. The van der Waals surface area contributed by atoms with Crippen molar-refractivity contribution in [3.63, 3.8) is 0 Å². The van der Waals surface area contributed by atoms with Crippen LogP contribution in [0.25, 0.3) is 10.8 Å². The van der Waals surface area contributed by atoms with Crippen LogP contribution in [0.2, 0.25) is 0 Å². The fourth-order valence-electron chi connectivity index (χ4n) is 2.54. The summed E-state index contributed by atoms with van der Waals surface area (Å²) in [6.45, 7) is -0.0136. The summed E-state index contributed by atoms with van der Waals surface area (Å²) in [6.07, 6.45) is 1.14. The summed E-state index contributed by atoms with van der Waals surface area (Å²) in [7, 11) is 0. The van der Waals surface area contributed by atoms with Crippen LogP contribution in [0, 0.1) is 10.1 Å². The van der Waals surface area contributed by atoms with E-state index < -0.39 is 22.3 Å². The number of carbonyl (C=O) groups excluding carboxylic acids is 1. The van der Waals surface area contributed by atoms with Gasteiger partial charge < -0.3 is 10.4 Å². The normalized spacial score (nSPS) is 10.9. The molecule has 0 aliphatic rings. The zero-order chi connectivity index (χ0) is 20.1. The number of rotatable bonds is 6. The molecule has 0 saturated carbocycles. The van der Waals surface area contributed by atoms with Crippen molar-refractivity contribution < 1.29 is 14.8 Å². The molecule has 0 radical (unpaired) electrons. The molecule has 0 saturated heterocycles. The number of amides is 1. The number of halogens is 1. The van der Waals surface area contributed by atoms with E-state index in [4.69, 9.17) is 0 Å². The van der Waals surface area contributed by atoms with Gasteiger partial charge in [-0.3, -0.25) is 14.9 Å². The second-order valence-electron chi connectivity index (χ2n) is 5.83. The summed E-state index contributed by atoms with van der Waals surface area (Å²) in [5.74, 6) is -0.936. The molecule has 3 aromatic rings. The highest BCUT2D eigenvalue weighted by atomic mass is 79.9. The van der Waals surface area contributed by atoms with Gasteiger partial charge >= 0.3 is 5.69 Å². The first kappa shape index (κ1) is 19.3. The number of nitro groups is 1. The quantitative estimate of drug-likeness (QED) is 0.305. The molecule has 3 rings (SSSR count). The zero-order valence-corrected chi connectivity index (χ0v) is 16.0. The fraction of sp³-hybridized carbons (Fsp3) is 0.0526. The van der Waals surface area contributed by atoms with Crippen LogP contribution in [0.4, 0.5) is 11.4 Å². The molecule has 9 heteroatoms. The Hall–Kier alpha value is -3.46. The molecule has 0 unspecified atom stereocenters. The van der Waals surface area contributed by atoms with Crippen molar-refractivity contribution in [3.8, 4) is 5.75 Å². The smallest absolute Gasteiger partial charge is 0.312 e. The van der Waals surface area contributed by atoms with Crippen LogP contribution in [0.3, 0.4) is 0 Å². The average Bonchev–Trinajstić information content (AvgIpc) is 2.68. The number of fused-ring (bicyclic) bond motifs is 1. The Labute approximate surface area is 168 Å². The molecule has 0 heterocycles. The Morgan fingerprint density at radius 3 is 2.68 bits per heavy atom. The van der Waals surface area contributed by atoms with Gasteiger partial charge in [-0.2, -0.15) is 5.10 Å². The number of carbonyl (C=O) groups is 1. The largest absolute Gasteiger partial charge is 0.502 e. The predicted octanol–water partition coefficient (Wildman–Crippen LogP) is 3.78. The summed E-state index contributed by atoms with van der Waals surface area (Å²) in [5, 5.41) is 29.7. The van der Waals surface area contributed by atoms with Crippen molar-refractivity contribution in [1.82, 2.24) is 5.43 Å². The Morgan fingerprint density at radius 1 is 1.18 bits per heavy atom. The minimum atomic E-state index is -0.705. The number of anilines is 1. The van der Waals surface area contributed by atoms with Gasteiger partial charge in [0.05, 0.1) is 17.7 Å². The number of hydrazone groups is 1. The van der Waals surface area contributed by atoms with Gasteiger partial charge in [0.15, 0.2) is 0 Å². The van der Waals surface area contributed by atoms with Gasteiger partial charge in [-0.1, -0.05) is 46.3 Å². The first-order chi connectivity index (χ1) is 13.4. The lowest BCUT2D eigenvalue weighted by Gasteiger charge is -2.07. The fourth-order valence-corrected chi connectivity index (χ4v) is 3.00. The van der Waals surface area contributed by atoms with Crippen LogP contribution in [-0.4, -0.2) is 28.7 Å². The molecule has 0 aliphatic heterocycles. The Kier molecular flexibility index (Phi) is 5.85. The summed E-state index contributed by atoms with van der Waals surface area (Å²) >= 11 is 3.13. The molecule has 0 fully saturated rings. The van der Waals surface area contributed by atoms with Crippen LogP contribution in [0.15, 0.2) is 64.2 Å². The first-order valence-corrected chi connectivity index (χ1v) is 8.95. The molecule has 0 aliphatic carbocycles. The lowest BCUT2D eigenvalue weighted by molar-refractivity contribution is -0.385. The van der Waals surface area contributed by atoms with Crippen LogP contribution in [0.1, 0.15) is 5.56 Å². The highest BCUT2D eigenvalue weighted by Crippen LogP contribution is 2.32. The standard InChI is InChI=1S/C19H15BrN4O4/c20-15-7-14(19(26)17(9-15)24(27)28)10-22-23-18(25)11-21-16-6-5-12-3-1-2-4-13(12)8-16/h1-10,21,26H,11H2,(H,23,25)/b22-10-. The van der Waals surface area contributed by atoms with Gasteiger partial charge in [0.2, 0.25) is 5.75 Å². The first-order valence-electron chi connectivity index (χ1n) is 8.15. The van der Waals surface area contributed by atoms with Crippen molar-refractivity contribution in [3.05, 3.63) is 74.7 Å². The second kappa shape index (κ2) is 8.49. The topological polar surface area (TPSA) is 117 Å². The van der Waals surface area contributed by atoms with Crippen LogP contribution >= 0.6 is 15.9 Å². The highest BCUT2D eigenvalue weighted by Gasteiger charge is 2.17. The van der Waals surface area contributed by atoms with Crippen molar-refractivity contribution in [2.24, 2.45) is 5.10 Å². The Morgan fingerprint density at radius 2 is 1.93 bits per heavy atom. The van der Waals surface area contributed by atoms with Gasteiger partial charge in [0, 0.05) is 21.8 Å². The minimum Gasteiger partial charge on any atom is -0.502 e. The van der Waals surface area contributed by atoms with E-state index in [1.165, 1.54) is 12.1 Å². The second-order valence-corrected chi connectivity index (χ2v) is 6.74. The number of benzene rings is 3. The molecule has 0 bridgehead atoms. The molecule has 3 aromatic carbocycles. The van der Waals surface area contributed by atoms with E-state index in [0.717, 1.165) is 22.7 Å². The summed E-state index contributed by atoms with van der Waals surface area (Å²) in [4.78, 5) is 22.1. The molecule has 28 heavy (non-hydrogen) atoms. The average molecular weight is 443 g/mol. The summed E-state index contributed by atoms with van der Waals surface area (Å²) < 4.78 is 0.405. The number of hydrogen-bond donors (Lipinski definition) is 3. The molecule has 1 amide bonds. The van der Waals surface area contributed by atoms with Crippen molar-refractivity contribution >= 4 is 50.2 Å². The number of aromatic hydroxyl groups is 1. The van der Waals surface area contributed by atoms with E-state index in [0.29, 0.717) is 4.47 Å². The number of hydrogen-bond acceptors (Lipinski definition) is 6. The monoisotopic (exact) mass is 442 g/mol. The lowest BCUT2D eigenvalue weighted by Crippen LogP contribution is -2.25. The molecular formula is C19H15BrN4O4. The number of nitrogens with one attached hydrogen (secondary N) is 2. The maximum Gasteiger partial charge on any atom is 0.312 e. The van der Waals surface area contributed by atoms with E-state index >= 15 is 0 Å². The van der Waals surface area contributed by atoms with Gasteiger partial charge in [-0.05, 0) is 29.0 Å². The van der Waals surface area contributed by atoms with Crippen LogP contribution in [0.5, 0.6) is 5.75 Å². The van der Waals surface area contributed by atoms with Gasteiger partial charge in [-0.15, -0.1) is 0 Å². The predicted molar refractivity (Wildman–Crippen MR) is 111 cm³/mol. The van der Waals surface area contributed by atoms with E-state index in [9.17, 15) is 20.0 Å². The molecule has 0 atom stereocenters. The molecule has 0 aromatic heterocycles. The van der Waals surface area contributed by atoms with Crippen LogP contribution in [-0.2, 0) is 4.79 Å². The number of phenolic OH excluding ortho intramolecular Hbond substituents is 1. The minimum absolute atomic E-state index is 0.0136. The maximum atomic E-state index is 11.9. The van der Waals surface area contributed by atoms with Gasteiger partial charge in [0.25, 0.3) is 5.91 Å². The highest BCUT2D eigenvalue weighted by molar-refractivity contribution is 9.10.